The fourth-order valence-corrected chi connectivity index (χ4v) is 1.31. The first-order valence-electron chi connectivity index (χ1n) is 5.66. The van der Waals surface area contributed by atoms with Crippen molar-refractivity contribution in [3.8, 4) is 5.88 Å². The summed E-state index contributed by atoms with van der Waals surface area (Å²) in [7, 11) is 1.58. The van der Waals surface area contributed by atoms with E-state index >= 15 is 0 Å². The summed E-state index contributed by atoms with van der Waals surface area (Å²) in [5, 5.41) is 3.12. The molecule has 1 aromatic heterocycles. The third kappa shape index (κ3) is 5.19. The maximum absolute atomic E-state index is 11.1. The molecule has 0 atom stereocenters. The lowest BCUT2D eigenvalue weighted by molar-refractivity contribution is -0.143. The molecule has 0 bridgehead atoms. The number of nitrogens with one attached hydrogen (secondary N) is 1. The van der Waals surface area contributed by atoms with E-state index in [0.29, 0.717) is 25.5 Å². The molecule has 5 nitrogen and oxygen atoms in total. The van der Waals surface area contributed by atoms with E-state index in [1.165, 1.54) is 0 Å². The molecule has 0 aromatic carbocycles. The summed E-state index contributed by atoms with van der Waals surface area (Å²) in [6.07, 6.45) is 1.14. The number of carbonyl (C=O) groups is 1. The zero-order valence-electron chi connectivity index (χ0n) is 10.2. The maximum Gasteiger partial charge on any atom is 0.305 e. The van der Waals surface area contributed by atoms with Gasteiger partial charge in [-0.05, 0) is 19.4 Å². The van der Waals surface area contributed by atoms with Gasteiger partial charge in [-0.1, -0.05) is 6.07 Å². The smallest absolute Gasteiger partial charge is 0.305 e. The molecule has 0 aliphatic rings. The average molecular weight is 238 g/mol. The molecule has 0 unspecified atom stereocenters. The van der Waals surface area contributed by atoms with Gasteiger partial charge in [0.15, 0.2) is 0 Å². The van der Waals surface area contributed by atoms with Crippen molar-refractivity contribution in [3.05, 3.63) is 18.2 Å². The van der Waals surface area contributed by atoms with Crippen LogP contribution in [0.4, 0.5) is 5.82 Å². The fourth-order valence-electron chi connectivity index (χ4n) is 1.31. The molecule has 1 N–H and O–H groups in total. The summed E-state index contributed by atoms with van der Waals surface area (Å²) in [4.78, 5) is 15.3. The molecule has 1 rings (SSSR count). The van der Waals surface area contributed by atoms with Crippen LogP contribution in [0.5, 0.6) is 5.88 Å². The summed E-state index contributed by atoms with van der Waals surface area (Å²) in [5.41, 5.74) is 0. The third-order valence-corrected chi connectivity index (χ3v) is 2.10. The monoisotopic (exact) mass is 238 g/mol. The Balaban J connectivity index is 2.24. The molecule has 0 aliphatic heterocycles. The lowest BCUT2D eigenvalue weighted by Crippen LogP contribution is -2.08. The van der Waals surface area contributed by atoms with Crippen molar-refractivity contribution in [2.75, 3.05) is 25.6 Å². The highest BCUT2D eigenvalue weighted by atomic mass is 16.5. The van der Waals surface area contributed by atoms with Crippen LogP contribution in [0.15, 0.2) is 18.2 Å². The first-order valence-corrected chi connectivity index (χ1v) is 5.66. The van der Waals surface area contributed by atoms with Crippen LogP contribution in [-0.4, -0.2) is 31.2 Å². The van der Waals surface area contributed by atoms with E-state index < -0.39 is 0 Å². The molecule has 0 aliphatic carbocycles. The van der Waals surface area contributed by atoms with Crippen molar-refractivity contribution < 1.29 is 14.3 Å². The molecule has 17 heavy (non-hydrogen) atoms. The summed E-state index contributed by atoms with van der Waals surface area (Å²) in [6, 6.07) is 5.50. The number of nitrogens with zero attached hydrogens (tertiary/aromatic N) is 1. The number of hydrogen-bond acceptors (Lipinski definition) is 5. The van der Waals surface area contributed by atoms with Crippen LogP contribution in [-0.2, 0) is 9.53 Å². The SMILES string of the molecule is CCOC(=O)CCCNc1cccc(OC)n1. The fraction of sp³-hybridized carbons (Fsp3) is 0.500. The molecule has 1 aromatic rings. The molecule has 94 valence electrons. The third-order valence-electron chi connectivity index (χ3n) is 2.10. The van der Waals surface area contributed by atoms with Crippen LogP contribution in [0.2, 0.25) is 0 Å². The van der Waals surface area contributed by atoms with E-state index in [1.54, 1.807) is 20.1 Å². The van der Waals surface area contributed by atoms with Gasteiger partial charge >= 0.3 is 5.97 Å². The second kappa shape index (κ2) is 7.49. The number of esters is 1. The van der Waals surface area contributed by atoms with E-state index in [-0.39, 0.29) is 5.97 Å². The Labute approximate surface area is 101 Å². The summed E-state index contributed by atoms with van der Waals surface area (Å²) >= 11 is 0. The van der Waals surface area contributed by atoms with E-state index in [0.717, 1.165) is 12.2 Å². The average Bonchev–Trinajstić information content (AvgIpc) is 2.35. The van der Waals surface area contributed by atoms with Crippen LogP contribution in [0.25, 0.3) is 0 Å². The van der Waals surface area contributed by atoms with Crippen molar-refractivity contribution in [3.63, 3.8) is 0 Å². The lowest BCUT2D eigenvalue weighted by atomic mass is 10.3. The van der Waals surface area contributed by atoms with Gasteiger partial charge in [-0.3, -0.25) is 4.79 Å². The Morgan fingerprint density at radius 3 is 3.00 bits per heavy atom. The first kappa shape index (κ1) is 13.3. The zero-order chi connectivity index (χ0) is 12.5. The van der Waals surface area contributed by atoms with E-state index in [9.17, 15) is 4.79 Å². The molecule has 0 saturated heterocycles. The van der Waals surface area contributed by atoms with Crippen molar-refractivity contribution in [2.45, 2.75) is 19.8 Å². The number of pyridine rings is 1. The Morgan fingerprint density at radius 2 is 2.29 bits per heavy atom. The molecule has 0 amide bonds. The van der Waals surface area contributed by atoms with Crippen LogP contribution < -0.4 is 10.1 Å². The minimum atomic E-state index is -0.159. The molecule has 0 fully saturated rings. The van der Waals surface area contributed by atoms with E-state index in [4.69, 9.17) is 9.47 Å². The largest absolute Gasteiger partial charge is 0.481 e. The zero-order valence-corrected chi connectivity index (χ0v) is 10.2. The number of aromatic nitrogens is 1. The highest BCUT2D eigenvalue weighted by Gasteiger charge is 2.01. The second-order valence-electron chi connectivity index (χ2n) is 3.40. The van der Waals surface area contributed by atoms with Gasteiger partial charge in [-0.15, -0.1) is 0 Å². The predicted octanol–water partition coefficient (Wildman–Crippen LogP) is 1.85. The molecular weight excluding hydrogens is 220 g/mol. The Morgan fingerprint density at radius 1 is 1.47 bits per heavy atom. The van der Waals surface area contributed by atoms with Gasteiger partial charge in [-0.2, -0.15) is 4.98 Å². The molecule has 1 heterocycles. The Kier molecular flexibility index (Phi) is 5.85. The topological polar surface area (TPSA) is 60.5 Å². The van der Waals surface area contributed by atoms with Gasteiger partial charge in [0.25, 0.3) is 0 Å². The maximum atomic E-state index is 11.1. The molecular formula is C12H18N2O3. The van der Waals surface area contributed by atoms with Gasteiger partial charge < -0.3 is 14.8 Å². The summed E-state index contributed by atoms with van der Waals surface area (Å²) in [5.74, 6) is 1.15. The van der Waals surface area contributed by atoms with E-state index in [2.05, 4.69) is 10.3 Å². The molecule has 0 saturated carbocycles. The minimum Gasteiger partial charge on any atom is -0.481 e. The highest BCUT2D eigenvalue weighted by Crippen LogP contribution is 2.10. The first-order chi connectivity index (χ1) is 8.26. The number of ether oxygens (including phenoxy) is 2. The Hall–Kier alpha value is -1.78. The number of anilines is 1. The van der Waals surface area contributed by atoms with Crippen LogP contribution in [0.1, 0.15) is 19.8 Å². The van der Waals surface area contributed by atoms with Crippen LogP contribution in [0.3, 0.4) is 0 Å². The standard InChI is InChI=1S/C12H18N2O3/c1-3-17-12(15)8-5-9-13-10-6-4-7-11(14-10)16-2/h4,6-7H,3,5,8-9H2,1-2H3,(H,13,14). The predicted molar refractivity (Wildman–Crippen MR) is 65.1 cm³/mol. The normalized spacial score (nSPS) is 9.76. The van der Waals surface area contributed by atoms with Gasteiger partial charge in [-0.25, -0.2) is 0 Å². The van der Waals surface area contributed by atoms with E-state index in [1.807, 2.05) is 12.1 Å². The minimum absolute atomic E-state index is 0.159. The van der Waals surface area contributed by atoms with Crippen molar-refractivity contribution >= 4 is 11.8 Å². The van der Waals surface area contributed by atoms with Crippen LogP contribution >= 0.6 is 0 Å². The summed E-state index contributed by atoms with van der Waals surface area (Å²) < 4.78 is 9.83. The second-order valence-corrected chi connectivity index (χ2v) is 3.40. The van der Waals surface area contributed by atoms with Gasteiger partial charge in [0.2, 0.25) is 5.88 Å². The molecule has 0 spiro atoms. The van der Waals surface area contributed by atoms with Gasteiger partial charge in [0, 0.05) is 19.0 Å². The molecule has 0 radical (unpaired) electrons. The van der Waals surface area contributed by atoms with Gasteiger partial charge in [0.1, 0.15) is 5.82 Å². The number of hydrogen-bond donors (Lipinski definition) is 1. The Bertz CT molecular complexity index is 355. The van der Waals surface area contributed by atoms with Crippen molar-refractivity contribution in [2.24, 2.45) is 0 Å². The quantitative estimate of drug-likeness (QED) is 0.580. The lowest BCUT2D eigenvalue weighted by Gasteiger charge is -2.06. The van der Waals surface area contributed by atoms with Crippen molar-refractivity contribution in [1.29, 1.82) is 0 Å². The van der Waals surface area contributed by atoms with Gasteiger partial charge in [0.05, 0.1) is 13.7 Å². The summed E-state index contributed by atoms with van der Waals surface area (Å²) in [6.45, 7) is 2.92. The number of methoxy groups -OCH3 is 1. The highest BCUT2D eigenvalue weighted by molar-refractivity contribution is 5.69. The van der Waals surface area contributed by atoms with Crippen molar-refractivity contribution in [1.82, 2.24) is 4.98 Å². The number of rotatable bonds is 7. The number of carbonyl (C=O) groups excluding carboxylic acids is 1. The molecule has 5 heteroatoms. The van der Waals surface area contributed by atoms with Crippen LogP contribution in [0, 0.1) is 0 Å².